The van der Waals surface area contributed by atoms with Crippen LogP contribution in [0.5, 0.6) is 11.5 Å². The van der Waals surface area contributed by atoms with Crippen LogP contribution >= 0.6 is 0 Å². The number of ether oxygens (including phenoxy) is 2. The van der Waals surface area contributed by atoms with Crippen LogP contribution in [-0.2, 0) is 12.8 Å². The number of rotatable bonds is 8. The molecular weight excluding hydrogens is 312 g/mol. The summed E-state index contributed by atoms with van der Waals surface area (Å²) in [6.07, 6.45) is 3.69. The van der Waals surface area contributed by atoms with E-state index < -0.39 is 0 Å². The third-order valence-corrected chi connectivity index (χ3v) is 4.97. The number of hydrogen-bond donors (Lipinski definition) is 1. The second kappa shape index (κ2) is 8.91. The summed E-state index contributed by atoms with van der Waals surface area (Å²) < 4.78 is 11.4. The first-order valence-electron chi connectivity index (χ1n) is 8.92. The highest BCUT2D eigenvalue weighted by Gasteiger charge is 2.18. The van der Waals surface area contributed by atoms with E-state index in [4.69, 9.17) is 14.6 Å². The van der Waals surface area contributed by atoms with Gasteiger partial charge in [-0.2, -0.15) is 0 Å². The summed E-state index contributed by atoms with van der Waals surface area (Å²) in [4.78, 5) is 0. The fourth-order valence-electron chi connectivity index (χ4n) is 3.49. The van der Waals surface area contributed by atoms with Gasteiger partial charge in [0.05, 0.1) is 14.2 Å². The van der Waals surface area contributed by atoms with Gasteiger partial charge in [-0.25, -0.2) is 0 Å². The molecule has 0 unspecified atom stereocenters. The van der Waals surface area contributed by atoms with Crippen LogP contribution in [0.2, 0.25) is 0 Å². The zero-order valence-electron chi connectivity index (χ0n) is 16.1. The zero-order valence-corrected chi connectivity index (χ0v) is 16.1. The molecule has 0 aliphatic carbocycles. The van der Waals surface area contributed by atoms with Crippen molar-refractivity contribution in [3.8, 4) is 11.5 Å². The minimum Gasteiger partial charge on any atom is -0.496 e. The van der Waals surface area contributed by atoms with Crippen LogP contribution in [0.15, 0.2) is 24.3 Å². The van der Waals surface area contributed by atoms with E-state index in [1.807, 2.05) is 0 Å². The lowest BCUT2D eigenvalue weighted by molar-refractivity contribution is 0.284. The van der Waals surface area contributed by atoms with Crippen LogP contribution in [0.1, 0.15) is 46.2 Å². The largest absolute Gasteiger partial charge is 0.496 e. The standard InChI is InChI=1S/C22H30O3/c1-15-16(2)22(25-5)20(17(3)21(15)24-4)14-19-11-8-10-18(13-19)9-6-7-12-23/h8,10-11,13,23H,6-7,9,12,14H2,1-5H3. The van der Waals surface area contributed by atoms with Crippen molar-refractivity contribution < 1.29 is 14.6 Å². The Hall–Kier alpha value is -2.00. The third kappa shape index (κ3) is 4.35. The molecule has 2 rings (SSSR count). The van der Waals surface area contributed by atoms with Gasteiger partial charge in [0, 0.05) is 18.6 Å². The van der Waals surface area contributed by atoms with Crippen molar-refractivity contribution in [1.82, 2.24) is 0 Å². The molecule has 0 aliphatic rings. The second-order valence-electron chi connectivity index (χ2n) is 6.60. The number of hydrogen-bond acceptors (Lipinski definition) is 3. The Balaban J connectivity index is 2.37. The summed E-state index contributed by atoms with van der Waals surface area (Å²) in [5.41, 5.74) is 7.20. The molecule has 0 atom stereocenters. The maximum atomic E-state index is 8.95. The van der Waals surface area contributed by atoms with Crippen LogP contribution in [0, 0.1) is 20.8 Å². The lowest BCUT2D eigenvalue weighted by Gasteiger charge is -2.20. The molecule has 0 spiro atoms. The minimum absolute atomic E-state index is 0.262. The summed E-state index contributed by atoms with van der Waals surface area (Å²) in [6.45, 7) is 6.53. The van der Waals surface area contributed by atoms with Gasteiger partial charge < -0.3 is 14.6 Å². The fourth-order valence-corrected chi connectivity index (χ4v) is 3.49. The normalized spacial score (nSPS) is 10.8. The molecule has 2 aromatic rings. The highest BCUT2D eigenvalue weighted by atomic mass is 16.5. The minimum atomic E-state index is 0.262. The molecule has 0 saturated carbocycles. The first-order valence-corrected chi connectivity index (χ1v) is 8.92. The summed E-state index contributed by atoms with van der Waals surface area (Å²) >= 11 is 0. The molecule has 2 aromatic carbocycles. The molecule has 0 saturated heterocycles. The highest BCUT2D eigenvalue weighted by Crippen LogP contribution is 2.38. The van der Waals surface area contributed by atoms with E-state index in [1.165, 1.54) is 16.7 Å². The van der Waals surface area contributed by atoms with E-state index in [2.05, 4.69) is 45.0 Å². The molecule has 3 heteroatoms. The second-order valence-corrected chi connectivity index (χ2v) is 6.60. The molecule has 25 heavy (non-hydrogen) atoms. The zero-order chi connectivity index (χ0) is 18.4. The Morgan fingerprint density at radius 1 is 0.840 bits per heavy atom. The summed E-state index contributed by atoms with van der Waals surface area (Å²) in [6, 6.07) is 8.70. The van der Waals surface area contributed by atoms with E-state index in [9.17, 15) is 0 Å². The average molecular weight is 342 g/mol. The number of methoxy groups -OCH3 is 2. The van der Waals surface area contributed by atoms with Gasteiger partial charge in [0.15, 0.2) is 0 Å². The van der Waals surface area contributed by atoms with E-state index in [0.717, 1.165) is 53.9 Å². The first-order chi connectivity index (χ1) is 12.0. The predicted molar refractivity (Wildman–Crippen MR) is 103 cm³/mol. The molecule has 1 N–H and O–H groups in total. The van der Waals surface area contributed by atoms with Gasteiger partial charge in [-0.1, -0.05) is 24.3 Å². The van der Waals surface area contributed by atoms with Crippen molar-refractivity contribution in [3.05, 3.63) is 57.6 Å². The number of aryl methyl sites for hydroxylation is 1. The van der Waals surface area contributed by atoms with Crippen molar-refractivity contribution >= 4 is 0 Å². The van der Waals surface area contributed by atoms with Crippen LogP contribution in [0.4, 0.5) is 0 Å². The maximum Gasteiger partial charge on any atom is 0.126 e. The van der Waals surface area contributed by atoms with Gasteiger partial charge in [-0.15, -0.1) is 0 Å². The van der Waals surface area contributed by atoms with Gasteiger partial charge in [0.25, 0.3) is 0 Å². The smallest absolute Gasteiger partial charge is 0.126 e. The maximum absolute atomic E-state index is 8.95. The van der Waals surface area contributed by atoms with E-state index in [1.54, 1.807) is 14.2 Å². The number of benzene rings is 2. The van der Waals surface area contributed by atoms with Crippen molar-refractivity contribution in [2.45, 2.75) is 46.5 Å². The van der Waals surface area contributed by atoms with Gasteiger partial charge in [0.1, 0.15) is 11.5 Å². The Bertz CT molecular complexity index is 720. The molecule has 3 nitrogen and oxygen atoms in total. The van der Waals surface area contributed by atoms with Gasteiger partial charge in [-0.05, 0) is 67.9 Å². The summed E-state index contributed by atoms with van der Waals surface area (Å²) in [5.74, 6) is 1.91. The average Bonchev–Trinajstić information content (AvgIpc) is 2.61. The number of unbranched alkanes of at least 4 members (excludes halogenated alkanes) is 1. The molecule has 0 fully saturated rings. The molecule has 0 heterocycles. The lowest BCUT2D eigenvalue weighted by Crippen LogP contribution is -2.05. The molecule has 0 amide bonds. The van der Waals surface area contributed by atoms with E-state index in [-0.39, 0.29) is 6.61 Å². The number of aliphatic hydroxyl groups is 1. The topological polar surface area (TPSA) is 38.7 Å². The molecule has 0 bridgehead atoms. The SMILES string of the molecule is COc1c(C)c(C)c(OC)c(Cc2cccc(CCCCO)c2)c1C. The Kier molecular flexibility index (Phi) is 6.89. The Labute approximate surface area is 151 Å². The quantitative estimate of drug-likeness (QED) is 0.716. The van der Waals surface area contributed by atoms with Crippen molar-refractivity contribution in [2.24, 2.45) is 0 Å². The van der Waals surface area contributed by atoms with Crippen molar-refractivity contribution in [3.63, 3.8) is 0 Å². The highest BCUT2D eigenvalue weighted by molar-refractivity contribution is 5.59. The molecule has 0 radical (unpaired) electrons. The lowest BCUT2D eigenvalue weighted by atomic mass is 9.92. The molecule has 0 aliphatic heterocycles. The molecular formula is C22H30O3. The predicted octanol–water partition coefficient (Wildman–Crippen LogP) is 4.53. The van der Waals surface area contributed by atoms with Crippen molar-refractivity contribution in [2.75, 3.05) is 20.8 Å². The summed E-state index contributed by atoms with van der Waals surface area (Å²) in [7, 11) is 3.47. The third-order valence-electron chi connectivity index (χ3n) is 4.97. The first kappa shape index (κ1) is 19.3. The Morgan fingerprint density at radius 2 is 1.48 bits per heavy atom. The van der Waals surface area contributed by atoms with Crippen LogP contribution in [-0.4, -0.2) is 25.9 Å². The molecule has 0 aromatic heterocycles. The van der Waals surface area contributed by atoms with Gasteiger partial charge in [0.2, 0.25) is 0 Å². The Morgan fingerprint density at radius 3 is 2.12 bits per heavy atom. The summed E-state index contributed by atoms with van der Waals surface area (Å²) in [5, 5.41) is 8.95. The fraction of sp³-hybridized carbons (Fsp3) is 0.455. The van der Waals surface area contributed by atoms with Crippen molar-refractivity contribution in [1.29, 1.82) is 0 Å². The van der Waals surface area contributed by atoms with E-state index in [0.29, 0.717) is 0 Å². The monoisotopic (exact) mass is 342 g/mol. The number of aliphatic hydroxyl groups excluding tert-OH is 1. The van der Waals surface area contributed by atoms with Gasteiger partial charge in [-0.3, -0.25) is 0 Å². The van der Waals surface area contributed by atoms with Crippen LogP contribution < -0.4 is 9.47 Å². The van der Waals surface area contributed by atoms with Crippen LogP contribution in [0.3, 0.4) is 0 Å². The van der Waals surface area contributed by atoms with Gasteiger partial charge >= 0.3 is 0 Å². The molecule has 136 valence electrons. The van der Waals surface area contributed by atoms with E-state index >= 15 is 0 Å². The van der Waals surface area contributed by atoms with Crippen LogP contribution in [0.25, 0.3) is 0 Å².